The Kier molecular flexibility index (Phi) is 4.39. The Morgan fingerprint density at radius 2 is 1.95 bits per heavy atom. The number of carboxylic acid groups (broad SMARTS) is 1. The minimum absolute atomic E-state index is 0.0386. The molecule has 1 aromatic rings. The molecule has 7 heteroatoms. The Morgan fingerprint density at radius 1 is 1.26 bits per heavy atom. The zero-order valence-corrected chi connectivity index (χ0v) is 11.1. The maximum absolute atomic E-state index is 11.8. The van der Waals surface area contributed by atoms with E-state index in [9.17, 15) is 14.7 Å². The van der Waals surface area contributed by atoms with Gasteiger partial charge in [-0.05, 0) is 37.1 Å². The number of aromatic carboxylic acids is 1. The molecule has 0 spiro atoms. The monoisotopic (exact) mass is 284 g/mol. The van der Waals surface area contributed by atoms with Crippen LogP contribution in [0.25, 0.3) is 0 Å². The van der Waals surface area contributed by atoms with Gasteiger partial charge in [-0.25, -0.2) is 9.59 Å². The topological polar surface area (TPSA) is 98.7 Å². The molecule has 0 bridgehead atoms. The van der Waals surface area contributed by atoms with Gasteiger partial charge in [-0.1, -0.05) is 0 Å². The lowest BCUT2D eigenvalue weighted by Crippen LogP contribution is -2.40. The van der Waals surface area contributed by atoms with E-state index in [2.05, 4.69) is 10.6 Å². The minimum Gasteiger partial charge on any atom is -0.478 e. The summed E-state index contributed by atoms with van der Waals surface area (Å²) in [4.78, 5) is 22.7. The normalized spacial score (nSPS) is 22.8. The van der Waals surface area contributed by atoms with E-state index in [0.717, 1.165) is 12.8 Å². The van der Waals surface area contributed by atoms with Crippen LogP contribution in [-0.2, 0) is 0 Å². The first-order valence-corrected chi connectivity index (χ1v) is 7.00. The van der Waals surface area contributed by atoms with E-state index in [-0.39, 0.29) is 17.7 Å². The van der Waals surface area contributed by atoms with Crippen molar-refractivity contribution in [1.82, 2.24) is 5.32 Å². The minimum atomic E-state index is -1.06. The van der Waals surface area contributed by atoms with Gasteiger partial charge in [0.2, 0.25) is 0 Å². The number of aliphatic hydroxyl groups excluding tert-OH is 1. The molecule has 0 aliphatic heterocycles. The molecule has 1 aliphatic rings. The Hall–Kier alpha value is -1.60. The van der Waals surface area contributed by atoms with Gasteiger partial charge in [0.25, 0.3) is 0 Å². The molecule has 1 fully saturated rings. The summed E-state index contributed by atoms with van der Waals surface area (Å²) in [5, 5.41) is 25.6. The van der Waals surface area contributed by atoms with Gasteiger partial charge in [0, 0.05) is 6.04 Å². The maximum Gasteiger partial charge on any atom is 0.338 e. The van der Waals surface area contributed by atoms with Crippen molar-refractivity contribution in [2.75, 3.05) is 5.32 Å². The van der Waals surface area contributed by atoms with Crippen molar-refractivity contribution >= 4 is 28.3 Å². The number of urea groups is 1. The lowest BCUT2D eigenvalue weighted by molar-refractivity contribution is 0.0698. The van der Waals surface area contributed by atoms with Gasteiger partial charge in [-0.3, -0.25) is 5.32 Å². The van der Waals surface area contributed by atoms with Crippen molar-refractivity contribution < 1.29 is 19.8 Å². The number of nitrogens with one attached hydrogen (secondary N) is 2. The Balaban J connectivity index is 1.87. The van der Waals surface area contributed by atoms with E-state index in [1.165, 1.54) is 17.4 Å². The average Bonchev–Trinajstić information content (AvgIpc) is 2.80. The van der Waals surface area contributed by atoms with Crippen LogP contribution in [0.3, 0.4) is 0 Å². The smallest absolute Gasteiger partial charge is 0.338 e. The maximum atomic E-state index is 11.8. The number of anilines is 1. The summed E-state index contributed by atoms with van der Waals surface area (Å²) < 4.78 is 0. The highest BCUT2D eigenvalue weighted by Gasteiger charge is 2.21. The predicted octanol–water partition coefficient (Wildman–Crippen LogP) is 1.87. The van der Waals surface area contributed by atoms with Crippen molar-refractivity contribution in [1.29, 1.82) is 0 Å². The third-order valence-corrected chi connectivity index (χ3v) is 3.98. The molecule has 0 saturated heterocycles. The van der Waals surface area contributed by atoms with Crippen molar-refractivity contribution in [3.8, 4) is 0 Å². The number of rotatable bonds is 3. The summed E-state index contributed by atoms with van der Waals surface area (Å²) >= 11 is 1.18. The molecule has 2 amide bonds. The number of thiophene rings is 1. The van der Waals surface area contributed by atoms with Gasteiger partial charge in [-0.2, -0.15) is 0 Å². The van der Waals surface area contributed by atoms with Gasteiger partial charge in [0.05, 0.1) is 11.7 Å². The Morgan fingerprint density at radius 3 is 2.58 bits per heavy atom. The van der Waals surface area contributed by atoms with E-state index in [1.54, 1.807) is 5.38 Å². The molecule has 4 N–H and O–H groups in total. The van der Waals surface area contributed by atoms with E-state index in [0.29, 0.717) is 17.8 Å². The van der Waals surface area contributed by atoms with Crippen LogP contribution in [0.15, 0.2) is 11.4 Å². The van der Waals surface area contributed by atoms with Crippen LogP contribution in [0.5, 0.6) is 0 Å². The van der Waals surface area contributed by atoms with Crippen LogP contribution in [0.2, 0.25) is 0 Å². The molecular weight excluding hydrogens is 268 g/mol. The molecule has 1 heterocycles. The quantitative estimate of drug-likeness (QED) is 0.681. The highest BCUT2D eigenvalue weighted by Crippen LogP contribution is 2.23. The second kappa shape index (κ2) is 6.03. The van der Waals surface area contributed by atoms with Crippen molar-refractivity contribution in [3.63, 3.8) is 0 Å². The van der Waals surface area contributed by atoms with E-state index in [4.69, 9.17) is 5.11 Å². The molecule has 104 valence electrons. The Labute approximate surface area is 114 Å². The highest BCUT2D eigenvalue weighted by molar-refractivity contribution is 7.14. The molecule has 19 heavy (non-hydrogen) atoms. The fourth-order valence-corrected chi connectivity index (χ4v) is 2.89. The van der Waals surface area contributed by atoms with E-state index >= 15 is 0 Å². The molecule has 6 nitrogen and oxygen atoms in total. The van der Waals surface area contributed by atoms with Crippen LogP contribution in [0.1, 0.15) is 36.0 Å². The standard InChI is InChI=1S/C12H16N2O4S/c15-8-3-1-7(2-4-8)13-12(18)14-10-9(11(16)17)5-6-19-10/h5-8,15H,1-4H2,(H,16,17)(H2,13,14,18). The zero-order chi connectivity index (χ0) is 13.8. The van der Waals surface area contributed by atoms with Gasteiger partial charge in [-0.15, -0.1) is 11.3 Å². The van der Waals surface area contributed by atoms with Crippen molar-refractivity contribution in [2.45, 2.75) is 37.8 Å². The molecule has 1 saturated carbocycles. The van der Waals surface area contributed by atoms with Crippen LogP contribution in [0, 0.1) is 0 Å². The number of carbonyl (C=O) groups is 2. The van der Waals surface area contributed by atoms with Crippen molar-refractivity contribution in [3.05, 3.63) is 17.0 Å². The summed E-state index contributed by atoms with van der Waals surface area (Å²) in [6.45, 7) is 0. The summed E-state index contributed by atoms with van der Waals surface area (Å²) in [5.41, 5.74) is 0.0965. The van der Waals surface area contributed by atoms with Crippen LogP contribution < -0.4 is 10.6 Å². The predicted molar refractivity (Wildman–Crippen MR) is 71.7 cm³/mol. The summed E-state index contributed by atoms with van der Waals surface area (Å²) in [6, 6.07) is 1.10. The highest BCUT2D eigenvalue weighted by atomic mass is 32.1. The van der Waals surface area contributed by atoms with Crippen LogP contribution in [-0.4, -0.2) is 34.4 Å². The lowest BCUT2D eigenvalue weighted by Gasteiger charge is -2.26. The molecule has 0 atom stereocenters. The first-order chi connectivity index (χ1) is 9.06. The number of hydrogen-bond acceptors (Lipinski definition) is 4. The van der Waals surface area contributed by atoms with Crippen LogP contribution in [0.4, 0.5) is 9.80 Å². The van der Waals surface area contributed by atoms with E-state index in [1.807, 2.05) is 0 Å². The van der Waals surface area contributed by atoms with Gasteiger partial charge < -0.3 is 15.5 Å². The van der Waals surface area contributed by atoms with Crippen molar-refractivity contribution in [2.24, 2.45) is 0 Å². The SMILES string of the molecule is O=C(Nc1sccc1C(=O)O)NC1CCC(O)CC1. The summed E-state index contributed by atoms with van der Waals surface area (Å²) in [6.07, 6.45) is 2.58. The summed E-state index contributed by atoms with van der Waals surface area (Å²) in [7, 11) is 0. The molecule has 0 radical (unpaired) electrons. The first kappa shape index (κ1) is 13.8. The van der Waals surface area contributed by atoms with E-state index < -0.39 is 12.0 Å². The third kappa shape index (κ3) is 3.68. The number of amides is 2. The molecule has 2 rings (SSSR count). The fraction of sp³-hybridized carbons (Fsp3) is 0.500. The average molecular weight is 284 g/mol. The number of aliphatic hydroxyl groups is 1. The molecule has 0 unspecified atom stereocenters. The first-order valence-electron chi connectivity index (χ1n) is 6.12. The van der Waals surface area contributed by atoms with Gasteiger partial charge in [0.15, 0.2) is 0 Å². The second-order valence-electron chi connectivity index (χ2n) is 4.57. The zero-order valence-electron chi connectivity index (χ0n) is 10.3. The molecular formula is C12H16N2O4S. The Bertz CT molecular complexity index is 466. The van der Waals surface area contributed by atoms with Gasteiger partial charge >= 0.3 is 12.0 Å². The second-order valence-corrected chi connectivity index (χ2v) is 5.49. The lowest BCUT2D eigenvalue weighted by atomic mass is 9.93. The number of carboxylic acids is 1. The summed E-state index contributed by atoms with van der Waals surface area (Å²) in [5.74, 6) is -1.06. The number of carbonyl (C=O) groups excluding carboxylic acids is 1. The largest absolute Gasteiger partial charge is 0.478 e. The number of hydrogen-bond donors (Lipinski definition) is 4. The molecule has 1 aliphatic carbocycles. The van der Waals surface area contributed by atoms with Gasteiger partial charge in [0.1, 0.15) is 5.00 Å². The third-order valence-electron chi connectivity index (χ3n) is 3.15. The fourth-order valence-electron chi connectivity index (χ4n) is 2.12. The molecule has 1 aromatic heterocycles. The molecule has 0 aromatic carbocycles. The van der Waals surface area contributed by atoms with Crippen LogP contribution >= 0.6 is 11.3 Å².